The first-order valence-corrected chi connectivity index (χ1v) is 6.28. The number of fused-ring (bicyclic) bond motifs is 2. The van der Waals surface area contributed by atoms with Crippen LogP contribution in [0.2, 0.25) is 0 Å². The molecule has 0 aromatic heterocycles. The summed E-state index contributed by atoms with van der Waals surface area (Å²) in [6.07, 6.45) is 2.55. The van der Waals surface area contributed by atoms with Crippen molar-refractivity contribution >= 4 is 5.69 Å². The number of hydrogen-bond donors (Lipinski definition) is 2. The van der Waals surface area contributed by atoms with Gasteiger partial charge in [0.1, 0.15) is 0 Å². The third kappa shape index (κ3) is 1.36. The molecule has 1 saturated heterocycles. The van der Waals surface area contributed by atoms with Gasteiger partial charge in [0.05, 0.1) is 0 Å². The maximum atomic E-state index is 3.63. The molecule has 2 N–H and O–H groups in total. The monoisotopic (exact) mass is 216 g/mol. The number of rotatable bonds is 0. The lowest BCUT2D eigenvalue weighted by Gasteiger charge is -2.34. The topological polar surface area (TPSA) is 24.1 Å². The molecule has 1 aromatic rings. The van der Waals surface area contributed by atoms with Crippen molar-refractivity contribution in [1.29, 1.82) is 0 Å². The Morgan fingerprint density at radius 3 is 2.62 bits per heavy atom. The van der Waals surface area contributed by atoms with Gasteiger partial charge in [-0.1, -0.05) is 17.7 Å². The normalized spacial score (nSPS) is 21.9. The minimum absolute atomic E-state index is 0.414. The zero-order valence-corrected chi connectivity index (χ0v) is 10.2. The standard InChI is InChI=1S/C14H20N2/c1-10-7-11(2)13-12(8-10)14(9-16-13)3-5-15-6-4-14/h7-8,15-16H,3-6,9H2,1-2H3. The van der Waals surface area contributed by atoms with Gasteiger partial charge >= 0.3 is 0 Å². The van der Waals surface area contributed by atoms with Crippen molar-refractivity contribution in [3.05, 3.63) is 28.8 Å². The van der Waals surface area contributed by atoms with Crippen molar-refractivity contribution in [1.82, 2.24) is 5.32 Å². The maximum Gasteiger partial charge on any atom is 0.0409 e. The lowest BCUT2D eigenvalue weighted by molar-refractivity contribution is 0.335. The third-order valence-corrected chi connectivity index (χ3v) is 4.22. The molecule has 2 heteroatoms. The Balaban J connectivity index is 2.10. The van der Waals surface area contributed by atoms with Crippen LogP contribution in [0.15, 0.2) is 12.1 Å². The zero-order valence-electron chi connectivity index (χ0n) is 10.2. The van der Waals surface area contributed by atoms with Crippen molar-refractivity contribution in [2.24, 2.45) is 0 Å². The van der Waals surface area contributed by atoms with Gasteiger partial charge < -0.3 is 10.6 Å². The van der Waals surface area contributed by atoms with Gasteiger partial charge in [-0.05, 0) is 50.9 Å². The lowest BCUT2D eigenvalue weighted by atomic mass is 9.74. The zero-order chi connectivity index (χ0) is 11.2. The van der Waals surface area contributed by atoms with E-state index < -0.39 is 0 Å². The third-order valence-electron chi connectivity index (χ3n) is 4.22. The van der Waals surface area contributed by atoms with E-state index in [-0.39, 0.29) is 0 Å². The first-order chi connectivity index (χ1) is 7.71. The molecule has 2 heterocycles. The summed E-state index contributed by atoms with van der Waals surface area (Å²) in [5.41, 5.74) is 6.21. The van der Waals surface area contributed by atoms with E-state index in [1.165, 1.54) is 29.7 Å². The Hall–Kier alpha value is -1.02. The van der Waals surface area contributed by atoms with Crippen LogP contribution < -0.4 is 10.6 Å². The lowest BCUT2D eigenvalue weighted by Crippen LogP contribution is -2.41. The first kappa shape index (κ1) is 10.2. The van der Waals surface area contributed by atoms with Crippen LogP contribution in [0.3, 0.4) is 0 Å². The van der Waals surface area contributed by atoms with Crippen molar-refractivity contribution in [2.75, 3.05) is 25.0 Å². The minimum Gasteiger partial charge on any atom is -0.384 e. The van der Waals surface area contributed by atoms with Crippen molar-refractivity contribution in [2.45, 2.75) is 32.1 Å². The highest BCUT2D eigenvalue weighted by Gasteiger charge is 2.40. The molecular weight excluding hydrogens is 196 g/mol. The molecule has 0 bridgehead atoms. The maximum absolute atomic E-state index is 3.63. The number of anilines is 1. The van der Waals surface area contributed by atoms with E-state index in [9.17, 15) is 0 Å². The van der Waals surface area contributed by atoms with E-state index in [0.717, 1.165) is 19.6 Å². The van der Waals surface area contributed by atoms with Crippen molar-refractivity contribution in [3.8, 4) is 0 Å². The molecule has 2 nitrogen and oxygen atoms in total. The summed E-state index contributed by atoms with van der Waals surface area (Å²) < 4.78 is 0. The highest BCUT2D eigenvalue weighted by Crippen LogP contribution is 2.44. The van der Waals surface area contributed by atoms with Crippen LogP contribution in [0.1, 0.15) is 29.5 Å². The number of aryl methyl sites for hydroxylation is 2. The predicted molar refractivity (Wildman–Crippen MR) is 68.2 cm³/mol. The number of benzene rings is 1. The summed E-state index contributed by atoms with van der Waals surface area (Å²) in [6, 6.07) is 4.68. The Morgan fingerprint density at radius 2 is 1.88 bits per heavy atom. The van der Waals surface area contributed by atoms with Gasteiger partial charge in [-0.2, -0.15) is 0 Å². The molecule has 0 unspecified atom stereocenters. The van der Waals surface area contributed by atoms with Crippen LogP contribution in [0, 0.1) is 13.8 Å². The Bertz CT molecular complexity index is 417. The summed E-state index contributed by atoms with van der Waals surface area (Å²) in [7, 11) is 0. The molecule has 2 aliphatic heterocycles. The van der Waals surface area contributed by atoms with Crippen LogP contribution in [0.4, 0.5) is 5.69 Å². The second-order valence-corrected chi connectivity index (χ2v) is 5.39. The van der Waals surface area contributed by atoms with Crippen LogP contribution in [-0.4, -0.2) is 19.6 Å². The molecule has 0 radical (unpaired) electrons. The van der Waals surface area contributed by atoms with E-state index in [2.05, 4.69) is 36.6 Å². The van der Waals surface area contributed by atoms with Crippen molar-refractivity contribution in [3.63, 3.8) is 0 Å². The van der Waals surface area contributed by atoms with Crippen LogP contribution in [0.25, 0.3) is 0 Å². The predicted octanol–water partition coefficient (Wildman–Crippen LogP) is 2.35. The molecule has 0 saturated carbocycles. The fourth-order valence-corrected chi connectivity index (χ4v) is 3.32. The summed E-state index contributed by atoms with van der Waals surface area (Å²) in [4.78, 5) is 0. The molecule has 2 aliphatic rings. The van der Waals surface area contributed by atoms with E-state index in [4.69, 9.17) is 0 Å². The van der Waals surface area contributed by atoms with Crippen LogP contribution >= 0.6 is 0 Å². The molecular formula is C14H20N2. The molecule has 1 aromatic carbocycles. The molecule has 16 heavy (non-hydrogen) atoms. The largest absolute Gasteiger partial charge is 0.384 e. The highest BCUT2D eigenvalue weighted by atomic mass is 15.0. The van der Waals surface area contributed by atoms with E-state index >= 15 is 0 Å². The first-order valence-electron chi connectivity index (χ1n) is 6.28. The summed E-state index contributed by atoms with van der Waals surface area (Å²) in [5.74, 6) is 0. The molecule has 0 atom stereocenters. The number of nitrogens with one attached hydrogen (secondary N) is 2. The van der Waals surface area contributed by atoms with E-state index in [1.807, 2.05) is 0 Å². The number of piperidine rings is 1. The average Bonchev–Trinajstić information content (AvgIpc) is 2.59. The van der Waals surface area contributed by atoms with Gasteiger partial charge in [0, 0.05) is 17.6 Å². The Morgan fingerprint density at radius 1 is 1.12 bits per heavy atom. The van der Waals surface area contributed by atoms with Crippen molar-refractivity contribution < 1.29 is 0 Å². The van der Waals surface area contributed by atoms with Gasteiger partial charge in [-0.25, -0.2) is 0 Å². The molecule has 86 valence electrons. The average molecular weight is 216 g/mol. The fraction of sp³-hybridized carbons (Fsp3) is 0.571. The van der Waals surface area contributed by atoms with Crippen LogP contribution in [-0.2, 0) is 5.41 Å². The summed E-state index contributed by atoms with van der Waals surface area (Å²) >= 11 is 0. The molecule has 0 amide bonds. The molecule has 1 fully saturated rings. The summed E-state index contributed by atoms with van der Waals surface area (Å²) in [5, 5.41) is 7.10. The highest BCUT2D eigenvalue weighted by molar-refractivity contribution is 5.66. The van der Waals surface area contributed by atoms with Gasteiger partial charge in [-0.15, -0.1) is 0 Å². The number of hydrogen-bond acceptors (Lipinski definition) is 2. The van der Waals surface area contributed by atoms with E-state index in [1.54, 1.807) is 5.56 Å². The smallest absolute Gasteiger partial charge is 0.0409 e. The Labute approximate surface area is 97.4 Å². The van der Waals surface area contributed by atoms with Gasteiger partial charge in [-0.3, -0.25) is 0 Å². The molecule has 1 spiro atoms. The van der Waals surface area contributed by atoms with E-state index in [0.29, 0.717) is 5.41 Å². The quantitative estimate of drug-likeness (QED) is 0.695. The minimum atomic E-state index is 0.414. The molecule has 3 rings (SSSR count). The second-order valence-electron chi connectivity index (χ2n) is 5.39. The van der Waals surface area contributed by atoms with Gasteiger partial charge in [0.15, 0.2) is 0 Å². The SMILES string of the molecule is Cc1cc(C)c2c(c1)C1(CCNCC1)CN2. The Kier molecular flexibility index (Phi) is 2.21. The molecule has 0 aliphatic carbocycles. The van der Waals surface area contributed by atoms with Gasteiger partial charge in [0.25, 0.3) is 0 Å². The fourth-order valence-electron chi connectivity index (χ4n) is 3.32. The second kappa shape index (κ2) is 3.49. The summed E-state index contributed by atoms with van der Waals surface area (Å²) in [6.45, 7) is 7.88. The van der Waals surface area contributed by atoms with Crippen LogP contribution in [0.5, 0.6) is 0 Å². The van der Waals surface area contributed by atoms with Gasteiger partial charge in [0.2, 0.25) is 0 Å².